The van der Waals surface area contributed by atoms with Crippen LogP contribution in [0.1, 0.15) is 44.6 Å². The van der Waals surface area contributed by atoms with Gasteiger partial charge in [-0.25, -0.2) is 0 Å². The number of nitrogens with one attached hydrogen (secondary N) is 1. The van der Waals surface area contributed by atoms with Crippen LogP contribution in [0.15, 0.2) is 24.3 Å². The van der Waals surface area contributed by atoms with E-state index >= 15 is 0 Å². The first kappa shape index (κ1) is 18.9. The highest BCUT2D eigenvalue weighted by molar-refractivity contribution is 5.92. The van der Waals surface area contributed by atoms with Crippen LogP contribution in [0.3, 0.4) is 0 Å². The SMILES string of the molecule is CCc1cccc(NC(=O)CN2CCC(C(=O)N3CCCCC3)CC2)c1. The van der Waals surface area contributed by atoms with Crippen LogP contribution in [0.25, 0.3) is 0 Å². The summed E-state index contributed by atoms with van der Waals surface area (Å²) < 4.78 is 0. The molecule has 0 unspecified atom stereocenters. The number of anilines is 1. The Kier molecular flexibility index (Phi) is 6.67. The van der Waals surface area contributed by atoms with E-state index in [1.54, 1.807) is 0 Å². The van der Waals surface area contributed by atoms with Crippen molar-refractivity contribution < 1.29 is 9.59 Å². The summed E-state index contributed by atoms with van der Waals surface area (Å²) in [6.07, 6.45) is 6.23. The summed E-state index contributed by atoms with van der Waals surface area (Å²) in [4.78, 5) is 29.1. The third-order valence-corrected chi connectivity index (χ3v) is 5.59. The number of carbonyl (C=O) groups is 2. The van der Waals surface area contributed by atoms with Crippen LogP contribution >= 0.6 is 0 Å². The maximum atomic E-state index is 12.6. The van der Waals surface area contributed by atoms with Crippen molar-refractivity contribution in [2.24, 2.45) is 5.92 Å². The normalized spacial score (nSPS) is 19.3. The number of hydrogen-bond donors (Lipinski definition) is 1. The zero-order valence-electron chi connectivity index (χ0n) is 15.9. The average Bonchev–Trinajstić information content (AvgIpc) is 2.69. The monoisotopic (exact) mass is 357 g/mol. The molecule has 2 aliphatic rings. The molecule has 2 saturated heterocycles. The van der Waals surface area contributed by atoms with Crippen LogP contribution in [0.2, 0.25) is 0 Å². The van der Waals surface area contributed by atoms with E-state index < -0.39 is 0 Å². The molecule has 3 rings (SSSR count). The molecule has 5 heteroatoms. The van der Waals surface area contributed by atoms with Crippen LogP contribution in [0.4, 0.5) is 5.69 Å². The van der Waals surface area contributed by atoms with Crippen molar-refractivity contribution in [1.29, 1.82) is 0 Å². The van der Waals surface area contributed by atoms with Crippen LogP contribution in [-0.4, -0.2) is 54.3 Å². The van der Waals surface area contributed by atoms with Crippen LogP contribution in [-0.2, 0) is 16.0 Å². The van der Waals surface area contributed by atoms with Crippen molar-refractivity contribution in [2.45, 2.75) is 45.4 Å². The highest BCUT2D eigenvalue weighted by atomic mass is 16.2. The topological polar surface area (TPSA) is 52.7 Å². The first-order chi connectivity index (χ1) is 12.7. The number of likely N-dealkylation sites (tertiary alicyclic amines) is 2. The lowest BCUT2D eigenvalue weighted by molar-refractivity contribution is -0.138. The van der Waals surface area contributed by atoms with E-state index in [2.05, 4.69) is 28.1 Å². The Bertz CT molecular complexity index is 617. The number of piperidine rings is 2. The molecule has 0 radical (unpaired) electrons. The third kappa shape index (κ3) is 5.07. The number of rotatable bonds is 5. The summed E-state index contributed by atoms with van der Waals surface area (Å²) in [6.45, 7) is 6.02. The molecule has 2 amide bonds. The van der Waals surface area contributed by atoms with Gasteiger partial charge in [-0.2, -0.15) is 0 Å². The molecule has 0 aromatic heterocycles. The van der Waals surface area contributed by atoms with Crippen LogP contribution < -0.4 is 5.32 Å². The van der Waals surface area contributed by atoms with E-state index in [1.807, 2.05) is 18.2 Å². The quantitative estimate of drug-likeness (QED) is 0.881. The smallest absolute Gasteiger partial charge is 0.238 e. The molecule has 1 aromatic carbocycles. The third-order valence-electron chi connectivity index (χ3n) is 5.59. The maximum absolute atomic E-state index is 12.6. The molecule has 0 aliphatic carbocycles. The molecular weight excluding hydrogens is 326 g/mol. The van der Waals surface area contributed by atoms with Gasteiger partial charge in [0.1, 0.15) is 0 Å². The van der Waals surface area contributed by atoms with Crippen molar-refractivity contribution in [3.63, 3.8) is 0 Å². The van der Waals surface area contributed by atoms with Crippen LogP contribution in [0.5, 0.6) is 0 Å². The fourth-order valence-electron chi connectivity index (χ4n) is 3.98. The summed E-state index contributed by atoms with van der Waals surface area (Å²) in [5.41, 5.74) is 2.09. The Labute approximate surface area is 156 Å². The predicted octanol–water partition coefficient (Wildman–Crippen LogP) is 2.91. The summed E-state index contributed by atoms with van der Waals surface area (Å²) in [5.74, 6) is 0.512. The van der Waals surface area contributed by atoms with Gasteiger partial charge in [-0.15, -0.1) is 0 Å². The van der Waals surface area contributed by atoms with E-state index in [1.165, 1.54) is 12.0 Å². The molecule has 2 fully saturated rings. The van der Waals surface area contributed by atoms with Gasteiger partial charge in [0, 0.05) is 24.7 Å². The first-order valence-corrected chi connectivity index (χ1v) is 10.1. The minimum Gasteiger partial charge on any atom is -0.342 e. The van der Waals surface area contributed by atoms with Gasteiger partial charge in [-0.05, 0) is 69.3 Å². The maximum Gasteiger partial charge on any atom is 0.238 e. The Morgan fingerprint density at radius 1 is 1.08 bits per heavy atom. The number of aryl methyl sites for hydroxylation is 1. The minimum atomic E-state index is 0.0269. The number of nitrogens with zero attached hydrogens (tertiary/aromatic N) is 2. The van der Waals surface area contributed by atoms with Crippen LogP contribution in [0, 0.1) is 5.92 Å². The molecular formula is C21H31N3O2. The molecule has 2 heterocycles. The molecule has 142 valence electrons. The molecule has 2 aliphatic heterocycles. The summed E-state index contributed by atoms with van der Waals surface area (Å²) in [5, 5.41) is 2.99. The van der Waals surface area contributed by atoms with Gasteiger partial charge in [0.05, 0.1) is 6.54 Å². The second-order valence-corrected chi connectivity index (χ2v) is 7.54. The Balaban J connectivity index is 1.43. The molecule has 0 atom stereocenters. The Morgan fingerprint density at radius 3 is 2.50 bits per heavy atom. The van der Waals surface area contributed by atoms with E-state index in [4.69, 9.17) is 0 Å². The van der Waals surface area contributed by atoms with Gasteiger partial charge >= 0.3 is 0 Å². The fraction of sp³-hybridized carbons (Fsp3) is 0.619. The lowest BCUT2D eigenvalue weighted by Gasteiger charge is -2.35. The van der Waals surface area contributed by atoms with Gasteiger partial charge in [0.25, 0.3) is 0 Å². The van der Waals surface area contributed by atoms with Gasteiger partial charge in [-0.1, -0.05) is 19.1 Å². The van der Waals surface area contributed by atoms with Crippen molar-refractivity contribution in [3.05, 3.63) is 29.8 Å². The molecule has 5 nitrogen and oxygen atoms in total. The molecule has 0 bridgehead atoms. The first-order valence-electron chi connectivity index (χ1n) is 10.1. The number of carbonyl (C=O) groups excluding carboxylic acids is 2. The highest BCUT2D eigenvalue weighted by Gasteiger charge is 2.29. The molecule has 0 spiro atoms. The second kappa shape index (κ2) is 9.17. The van der Waals surface area contributed by atoms with Crippen molar-refractivity contribution in [3.8, 4) is 0 Å². The standard InChI is InChI=1S/C21H31N3O2/c1-2-17-7-6-8-19(15-17)22-20(25)16-23-13-9-18(10-14-23)21(26)24-11-4-3-5-12-24/h6-8,15,18H,2-5,9-14,16H2,1H3,(H,22,25). The van der Waals surface area contributed by atoms with Gasteiger partial charge in [-0.3, -0.25) is 14.5 Å². The summed E-state index contributed by atoms with van der Waals surface area (Å²) in [7, 11) is 0. The predicted molar refractivity (Wildman–Crippen MR) is 104 cm³/mol. The molecule has 1 N–H and O–H groups in total. The van der Waals surface area contributed by atoms with Gasteiger partial charge < -0.3 is 10.2 Å². The molecule has 1 aromatic rings. The molecule has 0 saturated carbocycles. The van der Waals surface area contributed by atoms with E-state index in [9.17, 15) is 9.59 Å². The van der Waals surface area contributed by atoms with Gasteiger partial charge in [0.15, 0.2) is 0 Å². The Morgan fingerprint density at radius 2 is 1.81 bits per heavy atom. The lowest BCUT2D eigenvalue weighted by atomic mass is 9.94. The fourth-order valence-corrected chi connectivity index (χ4v) is 3.98. The number of benzene rings is 1. The zero-order valence-corrected chi connectivity index (χ0v) is 15.9. The number of amides is 2. The average molecular weight is 357 g/mol. The zero-order chi connectivity index (χ0) is 18.4. The van der Waals surface area contributed by atoms with E-state index in [-0.39, 0.29) is 11.8 Å². The number of hydrogen-bond acceptors (Lipinski definition) is 3. The molecule has 26 heavy (non-hydrogen) atoms. The summed E-state index contributed by atoms with van der Waals surface area (Å²) in [6, 6.07) is 8.01. The Hall–Kier alpha value is -1.88. The van der Waals surface area contributed by atoms with Gasteiger partial charge in [0.2, 0.25) is 11.8 Å². The lowest BCUT2D eigenvalue weighted by Crippen LogP contribution is -2.45. The second-order valence-electron chi connectivity index (χ2n) is 7.54. The van der Waals surface area contributed by atoms with Crippen molar-refractivity contribution in [1.82, 2.24) is 9.80 Å². The highest BCUT2D eigenvalue weighted by Crippen LogP contribution is 2.22. The minimum absolute atomic E-state index is 0.0269. The largest absolute Gasteiger partial charge is 0.342 e. The van der Waals surface area contributed by atoms with Crippen molar-refractivity contribution in [2.75, 3.05) is 38.0 Å². The van der Waals surface area contributed by atoms with E-state index in [0.717, 1.165) is 64.0 Å². The summed E-state index contributed by atoms with van der Waals surface area (Å²) >= 11 is 0. The van der Waals surface area contributed by atoms with E-state index in [0.29, 0.717) is 12.5 Å². The van der Waals surface area contributed by atoms with Crippen molar-refractivity contribution >= 4 is 17.5 Å².